The van der Waals surface area contributed by atoms with E-state index in [1.54, 1.807) is 30.5 Å². The van der Waals surface area contributed by atoms with Crippen molar-refractivity contribution in [2.24, 2.45) is 0 Å². The van der Waals surface area contributed by atoms with Crippen LogP contribution in [0.5, 0.6) is 0 Å². The summed E-state index contributed by atoms with van der Waals surface area (Å²) < 4.78 is 27.7. The molecule has 0 aliphatic rings. The van der Waals surface area contributed by atoms with Crippen LogP contribution in [0.3, 0.4) is 0 Å². The van der Waals surface area contributed by atoms with Crippen LogP contribution in [0.2, 0.25) is 5.02 Å². The Kier molecular flexibility index (Phi) is 6.13. The second kappa shape index (κ2) is 8.98. The largest absolute Gasteiger partial charge is 0.298 e. The molecule has 0 aliphatic carbocycles. The molecule has 3 aromatic carbocycles. The van der Waals surface area contributed by atoms with Crippen molar-refractivity contribution >= 4 is 38.7 Å². The van der Waals surface area contributed by atoms with E-state index in [1.165, 1.54) is 12.1 Å². The number of halogens is 1. The number of benzene rings is 3. The number of rotatable bonds is 7. The first kappa shape index (κ1) is 21.2. The van der Waals surface area contributed by atoms with Crippen molar-refractivity contribution in [2.45, 2.75) is 11.3 Å². The molecule has 5 nitrogen and oxygen atoms in total. The van der Waals surface area contributed by atoms with Gasteiger partial charge >= 0.3 is 0 Å². The highest BCUT2D eigenvalue weighted by molar-refractivity contribution is 7.89. The monoisotopic (exact) mass is 450 g/mol. The Morgan fingerprint density at radius 3 is 2.39 bits per heavy atom. The second-order valence-corrected chi connectivity index (χ2v) is 9.18. The summed E-state index contributed by atoms with van der Waals surface area (Å²) in [4.78, 5) is 16.0. The zero-order chi connectivity index (χ0) is 21.8. The van der Waals surface area contributed by atoms with Crippen molar-refractivity contribution in [3.63, 3.8) is 0 Å². The Hall–Kier alpha value is -3.06. The Morgan fingerprint density at radius 1 is 0.903 bits per heavy atom. The second-order valence-electron chi connectivity index (χ2n) is 6.98. The molecule has 0 unspecified atom stereocenters. The molecule has 7 heteroatoms. The molecule has 0 amide bonds. The summed E-state index contributed by atoms with van der Waals surface area (Å²) in [5, 5.41) is 2.44. The van der Waals surface area contributed by atoms with Gasteiger partial charge in [0.15, 0.2) is 6.29 Å². The molecule has 0 bridgehead atoms. The molecule has 0 aliphatic heterocycles. The quantitative estimate of drug-likeness (QED) is 0.407. The Balaban J connectivity index is 1.61. The number of nitrogens with one attached hydrogen (secondary N) is 1. The van der Waals surface area contributed by atoms with E-state index in [1.807, 2.05) is 36.4 Å². The van der Waals surface area contributed by atoms with Crippen molar-refractivity contribution in [3.05, 3.63) is 95.1 Å². The van der Waals surface area contributed by atoms with Gasteiger partial charge in [0.2, 0.25) is 10.0 Å². The molecule has 0 radical (unpaired) electrons. The fourth-order valence-electron chi connectivity index (χ4n) is 3.54. The van der Waals surface area contributed by atoms with E-state index in [-0.39, 0.29) is 11.4 Å². The fourth-order valence-corrected chi connectivity index (χ4v) is 4.70. The molecule has 1 aromatic heterocycles. The Bertz CT molecular complexity index is 1350. The minimum absolute atomic E-state index is 0.175. The SMILES string of the molecule is O=Cc1cccnc1-c1ccc(CCNS(=O)(=O)c2ccc(Cl)cc2)c2ccccc12. The number of hydrogen-bond donors (Lipinski definition) is 1. The molecule has 0 saturated heterocycles. The van der Waals surface area contributed by atoms with Crippen LogP contribution in [0, 0.1) is 0 Å². The highest BCUT2D eigenvalue weighted by Gasteiger charge is 2.15. The maximum Gasteiger partial charge on any atom is 0.240 e. The van der Waals surface area contributed by atoms with Crippen LogP contribution >= 0.6 is 11.6 Å². The lowest BCUT2D eigenvalue weighted by atomic mass is 9.94. The van der Waals surface area contributed by atoms with Crippen molar-refractivity contribution in [3.8, 4) is 11.3 Å². The number of nitrogens with zero attached hydrogens (tertiary/aromatic N) is 1. The first-order chi connectivity index (χ1) is 15.0. The van der Waals surface area contributed by atoms with E-state index in [4.69, 9.17) is 11.6 Å². The maximum atomic E-state index is 12.5. The molecule has 0 fully saturated rings. The summed E-state index contributed by atoms with van der Waals surface area (Å²) in [6, 6.07) is 21.3. The predicted octanol–water partition coefficient (Wildman–Crippen LogP) is 4.89. The Morgan fingerprint density at radius 2 is 1.65 bits per heavy atom. The van der Waals surface area contributed by atoms with E-state index in [9.17, 15) is 13.2 Å². The van der Waals surface area contributed by atoms with Crippen LogP contribution < -0.4 is 4.72 Å². The van der Waals surface area contributed by atoms with Crippen molar-refractivity contribution in [1.29, 1.82) is 0 Å². The zero-order valence-electron chi connectivity index (χ0n) is 16.5. The normalized spacial score (nSPS) is 11.5. The van der Waals surface area contributed by atoms with Gasteiger partial charge in [-0.15, -0.1) is 0 Å². The third-order valence-corrected chi connectivity index (χ3v) is 6.77. The first-order valence-corrected chi connectivity index (χ1v) is 11.5. The van der Waals surface area contributed by atoms with Gasteiger partial charge in [-0.1, -0.05) is 48.0 Å². The number of fused-ring (bicyclic) bond motifs is 1. The van der Waals surface area contributed by atoms with E-state index in [0.29, 0.717) is 22.7 Å². The van der Waals surface area contributed by atoms with E-state index in [0.717, 1.165) is 28.2 Å². The van der Waals surface area contributed by atoms with Gasteiger partial charge in [0, 0.05) is 28.9 Å². The summed E-state index contributed by atoms with van der Waals surface area (Å²) in [5.41, 5.74) is 3.02. The van der Waals surface area contributed by atoms with E-state index >= 15 is 0 Å². The third kappa shape index (κ3) is 4.51. The van der Waals surface area contributed by atoms with E-state index < -0.39 is 10.0 Å². The summed E-state index contributed by atoms with van der Waals surface area (Å²) >= 11 is 5.84. The van der Waals surface area contributed by atoms with Crippen molar-refractivity contribution < 1.29 is 13.2 Å². The number of carbonyl (C=O) groups excluding carboxylic acids is 1. The summed E-state index contributed by atoms with van der Waals surface area (Å²) in [6.07, 6.45) is 2.98. The third-order valence-electron chi connectivity index (χ3n) is 5.05. The maximum absolute atomic E-state index is 12.5. The highest BCUT2D eigenvalue weighted by Crippen LogP contribution is 2.31. The molecule has 0 spiro atoms. The van der Waals surface area contributed by atoms with E-state index in [2.05, 4.69) is 9.71 Å². The molecule has 0 saturated carbocycles. The minimum Gasteiger partial charge on any atom is -0.298 e. The highest BCUT2D eigenvalue weighted by atomic mass is 35.5. The molecule has 0 atom stereocenters. The number of pyridine rings is 1. The molecule has 1 N–H and O–H groups in total. The molecular formula is C24H19ClN2O3S. The molecule has 1 heterocycles. The van der Waals surface area contributed by atoms with Crippen LogP contribution in [0.15, 0.2) is 83.9 Å². The first-order valence-electron chi connectivity index (χ1n) is 9.66. The lowest BCUT2D eigenvalue weighted by molar-refractivity contribution is 0.112. The van der Waals surface area contributed by atoms with Crippen molar-refractivity contribution in [2.75, 3.05) is 6.54 Å². The standard InChI is InChI=1S/C24H19ClN2O3S/c25-19-8-10-20(11-9-19)31(29,30)27-15-13-17-7-12-23(22-6-2-1-5-21(17)22)24-18(16-28)4-3-14-26-24/h1-12,14,16,27H,13,15H2. The van der Waals surface area contributed by atoms with Gasteiger partial charge in [0.25, 0.3) is 0 Å². The number of aromatic nitrogens is 1. The molecular weight excluding hydrogens is 432 g/mol. The van der Waals surface area contributed by atoms with Gasteiger partial charge in [-0.25, -0.2) is 13.1 Å². The van der Waals surface area contributed by atoms with Crippen molar-refractivity contribution in [1.82, 2.24) is 9.71 Å². The number of aldehydes is 1. The molecule has 4 aromatic rings. The fraction of sp³-hybridized carbons (Fsp3) is 0.0833. The van der Waals surface area contributed by atoms with Gasteiger partial charge < -0.3 is 0 Å². The topological polar surface area (TPSA) is 76.1 Å². The lowest BCUT2D eigenvalue weighted by Gasteiger charge is -2.13. The van der Waals surface area contributed by atoms with Gasteiger partial charge in [0.05, 0.1) is 10.6 Å². The summed E-state index contributed by atoms with van der Waals surface area (Å²) in [5.74, 6) is 0. The summed E-state index contributed by atoms with van der Waals surface area (Å²) in [7, 11) is -3.62. The van der Waals surface area contributed by atoms with Crippen LogP contribution in [0.25, 0.3) is 22.0 Å². The predicted molar refractivity (Wildman–Crippen MR) is 123 cm³/mol. The van der Waals surface area contributed by atoms with Gasteiger partial charge in [-0.3, -0.25) is 9.78 Å². The van der Waals surface area contributed by atoms with Crippen LogP contribution in [0.1, 0.15) is 15.9 Å². The molecule has 31 heavy (non-hydrogen) atoms. The molecule has 4 rings (SSSR count). The average Bonchev–Trinajstić information content (AvgIpc) is 2.79. The number of carbonyl (C=O) groups is 1. The average molecular weight is 451 g/mol. The number of hydrogen-bond acceptors (Lipinski definition) is 4. The van der Waals surface area contributed by atoms with Crippen LogP contribution in [-0.2, 0) is 16.4 Å². The smallest absolute Gasteiger partial charge is 0.240 e. The lowest BCUT2D eigenvalue weighted by Crippen LogP contribution is -2.26. The van der Waals surface area contributed by atoms with Crippen LogP contribution in [0.4, 0.5) is 0 Å². The van der Waals surface area contributed by atoms with Gasteiger partial charge in [-0.2, -0.15) is 0 Å². The van der Waals surface area contributed by atoms with Gasteiger partial charge in [0.1, 0.15) is 0 Å². The Labute approximate surface area is 185 Å². The number of sulfonamides is 1. The van der Waals surface area contributed by atoms with Crippen LogP contribution in [-0.4, -0.2) is 26.2 Å². The van der Waals surface area contributed by atoms with Gasteiger partial charge in [-0.05, 0) is 59.2 Å². The molecule has 156 valence electrons. The minimum atomic E-state index is -3.62. The summed E-state index contributed by atoms with van der Waals surface area (Å²) in [6.45, 7) is 0.247. The zero-order valence-corrected chi connectivity index (χ0v) is 18.0.